The summed E-state index contributed by atoms with van der Waals surface area (Å²) < 4.78 is 0. The zero-order chi connectivity index (χ0) is 12.1. The van der Waals surface area contributed by atoms with Crippen molar-refractivity contribution in [2.24, 2.45) is 4.99 Å². The van der Waals surface area contributed by atoms with Gasteiger partial charge in [-0.15, -0.1) is 0 Å². The second-order valence-corrected chi connectivity index (χ2v) is 3.10. The monoisotopic (exact) mass is 223 g/mol. The molecule has 0 aliphatic rings. The van der Waals surface area contributed by atoms with E-state index in [4.69, 9.17) is 10.2 Å². The van der Waals surface area contributed by atoms with Crippen LogP contribution in [-0.2, 0) is 16.0 Å². The summed E-state index contributed by atoms with van der Waals surface area (Å²) in [5.74, 6) is -1.90. The van der Waals surface area contributed by atoms with Crippen LogP contribution in [0.3, 0.4) is 0 Å². The minimum atomic E-state index is -1.25. The van der Waals surface area contributed by atoms with Gasteiger partial charge in [-0.05, 0) is 17.7 Å². The first-order chi connectivity index (χ1) is 7.54. The quantitative estimate of drug-likeness (QED) is 0.389. The predicted octanol–water partition coefficient (Wildman–Crippen LogP) is 0.429. The van der Waals surface area contributed by atoms with Crippen molar-refractivity contribution >= 4 is 12.0 Å². The number of carboxylic acid groups (broad SMARTS) is 1. The molecule has 0 saturated carbocycles. The molecule has 0 aliphatic heterocycles. The molecule has 1 rings (SSSR count). The van der Waals surface area contributed by atoms with Crippen molar-refractivity contribution in [3.05, 3.63) is 23.8 Å². The maximum Gasteiger partial charge on any atom is 0.329 e. The number of hydrogen-bond donors (Lipinski definition) is 3. The molecule has 0 spiro atoms. The average molecular weight is 223 g/mol. The molecule has 0 amide bonds. The average Bonchev–Trinajstić information content (AvgIpc) is 2.22. The highest BCUT2D eigenvalue weighted by atomic mass is 16.4. The molecule has 0 radical (unpaired) electrons. The molecule has 0 saturated heterocycles. The maximum atomic E-state index is 10.7. The number of hydrogen-bond acceptors (Lipinski definition) is 5. The van der Waals surface area contributed by atoms with Gasteiger partial charge in [0.15, 0.2) is 17.5 Å². The number of isocyanates is 1. The van der Waals surface area contributed by atoms with Gasteiger partial charge in [0.2, 0.25) is 6.08 Å². The molecular weight excluding hydrogens is 214 g/mol. The summed E-state index contributed by atoms with van der Waals surface area (Å²) in [5.41, 5.74) is 0.446. The van der Waals surface area contributed by atoms with E-state index in [0.29, 0.717) is 5.56 Å². The molecule has 1 unspecified atom stereocenters. The van der Waals surface area contributed by atoms with Gasteiger partial charge in [0.05, 0.1) is 0 Å². The fourth-order valence-corrected chi connectivity index (χ4v) is 1.17. The van der Waals surface area contributed by atoms with Crippen LogP contribution in [0, 0.1) is 0 Å². The van der Waals surface area contributed by atoms with E-state index in [-0.39, 0.29) is 17.9 Å². The van der Waals surface area contributed by atoms with Crippen LogP contribution >= 0.6 is 0 Å². The molecule has 6 nitrogen and oxygen atoms in total. The first-order valence-corrected chi connectivity index (χ1v) is 4.35. The number of aromatic hydroxyl groups is 2. The van der Waals surface area contributed by atoms with Crippen molar-refractivity contribution in [2.45, 2.75) is 12.5 Å². The molecule has 16 heavy (non-hydrogen) atoms. The van der Waals surface area contributed by atoms with Crippen molar-refractivity contribution in [3.63, 3.8) is 0 Å². The normalized spacial score (nSPS) is 11.5. The molecular formula is C10H9NO5. The minimum Gasteiger partial charge on any atom is -0.504 e. The number of aliphatic imine (C=N–C) groups is 1. The third-order valence-electron chi connectivity index (χ3n) is 1.96. The zero-order valence-corrected chi connectivity index (χ0v) is 8.12. The predicted molar refractivity (Wildman–Crippen MR) is 53.0 cm³/mol. The molecule has 0 heterocycles. The van der Waals surface area contributed by atoms with E-state index in [2.05, 4.69) is 4.99 Å². The van der Waals surface area contributed by atoms with E-state index in [1.54, 1.807) is 0 Å². The molecule has 0 aromatic heterocycles. The molecule has 84 valence electrons. The summed E-state index contributed by atoms with van der Waals surface area (Å²) in [6, 6.07) is 2.65. The Kier molecular flexibility index (Phi) is 3.63. The summed E-state index contributed by atoms with van der Waals surface area (Å²) in [6.45, 7) is 0. The first kappa shape index (κ1) is 11.7. The van der Waals surface area contributed by atoms with Gasteiger partial charge in [-0.3, -0.25) is 0 Å². The van der Waals surface area contributed by atoms with Crippen LogP contribution in [0.2, 0.25) is 0 Å². The third kappa shape index (κ3) is 2.83. The number of benzene rings is 1. The van der Waals surface area contributed by atoms with Crippen molar-refractivity contribution < 1.29 is 24.9 Å². The van der Waals surface area contributed by atoms with Gasteiger partial charge in [-0.25, -0.2) is 9.59 Å². The van der Waals surface area contributed by atoms with Crippen LogP contribution in [0.15, 0.2) is 23.2 Å². The van der Waals surface area contributed by atoms with Crippen LogP contribution in [0.5, 0.6) is 11.5 Å². The highest BCUT2D eigenvalue weighted by molar-refractivity contribution is 5.75. The summed E-state index contributed by atoms with van der Waals surface area (Å²) in [5, 5.41) is 26.9. The Morgan fingerprint density at radius 1 is 1.38 bits per heavy atom. The van der Waals surface area contributed by atoms with Crippen molar-refractivity contribution in [1.82, 2.24) is 0 Å². The van der Waals surface area contributed by atoms with Gasteiger partial charge in [-0.1, -0.05) is 6.07 Å². The lowest BCUT2D eigenvalue weighted by atomic mass is 10.1. The topological polar surface area (TPSA) is 107 Å². The molecule has 1 aromatic rings. The van der Waals surface area contributed by atoms with E-state index >= 15 is 0 Å². The Balaban J connectivity index is 2.89. The van der Waals surface area contributed by atoms with Gasteiger partial charge in [0.1, 0.15) is 0 Å². The Morgan fingerprint density at radius 2 is 2.06 bits per heavy atom. The Hall–Kier alpha value is -2.33. The van der Waals surface area contributed by atoms with E-state index < -0.39 is 12.0 Å². The van der Waals surface area contributed by atoms with Crippen LogP contribution in [0.4, 0.5) is 0 Å². The number of carbonyl (C=O) groups is 1. The van der Waals surface area contributed by atoms with E-state index in [1.807, 2.05) is 0 Å². The highest BCUT2D eigenvalue weighted by Crippen LogP contribution is 2.25. The molecule has 6 heteroatoms. The van der Waals surface area contributed by atoms with Crippen molar-refractivity contribution in [3.8, 4) is 11.5 Å². The summed E-state index contributed by atoms with van der Waals surface area (Å²) in [4.78, 5) is 23.8. The number of carboxylic acids is 1. The Morgan fingerprint density at radius 3 is 2.56 bits per heavy atom. The standard InChI is InChI=1S/C10H9NO5/c12-5-11-7(10(15)16)3-6-1-2-8(13)9(14)4-6/h1-2,4,7,13-14H,3H2,(H,15,16). The van der Waals surface area contributed by atoms with Gasteiger partial charge in [0.25, 0.3) is 0 Å². The van der Waals surface area contributed by atoms with Gasteiger partial charge in [0, 0.05) is 6.42 Å². The largest absolute Gasteiger partial charge is 0.504 e. The van der Waals surface area contributed by atoms with Gasteiger partial charge >= 0.3 is 5.97 Å². The van der Waals surface area contributed by atoms with E-state index in [1.165, 1.54) is 24.3 Å². The van der Waals surface area contributed by atoms with Crippen LogP contribution in [0.1, 0.15) is 5.56 Å². The summed E-state index contributed by atoms with van der Waals surface area (Å²) >= 11 is 0. The number of aliphatic carboxylic acids is 1. The lowest BCUT2D eigenvalue weighted by molar-refractivity contribution is -0.138. The number of rotatable bonds is 4. The number of phenols is 2. The molecule has 0 fully saturated rings. The van der Waals surface area contributed by atoms with E-state index in [9.17, 15) is 14.7 Å². The minimum absolute atomic E-state index is 0.0571. The molecule has 0 bridgehead atoms. The highest BCUT2D eigenvalue weighted by Gasteiger charge is 2.17. The maximum absolute atomic E-state index is 10.7. The molecule has 0 aliphatic carbocycles. The number of carbonyl (C=O) groups excluding carboxylic acids is 1. The second kappa shape index (κ2) is 4.95. The van der Waals surface area contributed by atoms with Crippen LogP contribution in [0.25, 0.3) is 0 Å². The molecule has 1 atom stereocenters. The van der Waals surface area contributed by atoms with Gasteiger partial charge in [-0.2, -0.15) is 4.99 Å². The summed E-state index contributed by atoms with van der Waals surface area (Å²) in [6.07, 6.45) is 1.12. The lowest BCUT2D eigenvalue weighted by Gasteiger charge is -2.06. The number of nitrogens with zero attached hydrogens (tertiary/aromatic N) is 1. The SMILES string of the molecule is O=C=NC(Cc1ccc(O)c(O)c1)C(=O)O. The number of phenolic OH excluding ortho intramolecular Hbond substituents is 2. The van der Waals surface area contributed by atoms with Crippen molar-refractivity contribution in [2.75, 3.05) is 0 Å². The second-order valence-electron chi connectivity index (χ2n) is 3.10. The summed E-state index contributed by atoms with van der Waals surface area (Å²) in [7, 11) is 0. The van der Waals surface area contributed by atoms with Gasteiger partial charge < -0.3 is 15.3 Å². The molecule has 3 N–H and O–H groups in total. The first-order valence-electron chi connectivity index (χ1n) is 4.35. The third-order valence-corrected chi connectivity index (χ3v) is 1.96. The molecule has 1 aromatic carbocycles. The van der Waals surface area contributed by atoms with E-state index in [0.717, 1.165) is 0 Å². The zero-order valence-electron chi connectivity index (χ0n) is 8.12. The Bertz CT molecular complexity index is 449. The fourth-order valence-electron chi connectivity index (χ4n) is 1.17. The lowest BCUT2D eigenvalue weighted by Crippen LogP contribution is -2.20. The fraction of sp³-hybridized carbons (Fsp3) is 0.200. The van der Waals surface area contributed by atoms with Crippen LogP contribution < -0.4 is 0 Å². The van der Waals surface area contributed by atoms with Crippen LogP contribution in [-0.4, -0.2) is 33.4 Å². The Labute approximate surface area is 90.5 Å². The smallest absolute Gasteiger partial charge is 0.329 e. The van der Waals surface area contributed by atoms with Crippen molar-refractivity contribution in [1.29, 1.82) is 0 Å².